The molecule has 2 aromatic carbocycles. The molecule has 0 radical (unpaired) electrons. The van der Waals surface area contributed by atoms with Gasteiger partial charge in [-0.25, -0.2) is 0 Å². The van der Waals surface area contributed by atoms with Gasteiger partial charge in [0.2, 0.25) is 0 Å². The molecule has 0 bridgehead atoms. The summed E-state index contributed by atoms with van der Waals surface area (Å²) in [7, 11) is 0. The zero-order valence-corrected chi connectivity index (χ0v) is 13.0. The zero-order valence-electron chi connectivity index (χ0n) is 12.2. The minimum atomic E-state index is 0.0409. The van der Waals surface area contributed by atoms with E-state index in [-0.39, 0.29) is 11.9 Å². The van der Waals surface area contributed by atoms with Crippen molar-refractivity contribution in [2.45, 2.75) is 25.3 Å². The van der Waals surface area contributed by atoms with Crippen molar-refractivity contribution in [3.63, 3.8) is 0 Å². The molecule has 0 saturated carbocycles. The molecule has 110 valence electrons. The lowest BCUT2D eigenvalue weighted by Gasteiger charge is -2.26. The first-order chi connectivity index (χ1) is 10.8. The van der Waals surface area contributed by atoms with Crippen LogP contribution in [0.5, 0.6) is 0 Å². The molecule has 22 heavy (non-hydrogen) atoms. The maximum Gasteiger partial charge on any atom is 0.253 e. The number of hydrogen-bond acceptors (Lipinski definition) is 2. The van der Waals surface area contributed by atoms with Gasteiger partial charge >= 0.3 is 0 Å². The molecule has 0 fully saturated rings. The fraction of sp³-hybridized carbons (Fsp3) is 0.211. The highest BCUT2D eigenvalue weighted by Crippen LogP contribution is 2.31. The second-order valence-corrected chi connectivity index (χ2v) is 6.67. The maximum atomic E-state index is 12.7. The van der Waals surface area contributed by atoms with Crippen molar-refractivity contribution in [2.24, 2.45) is 0 Å². The van der Waals surface area contributed by atoms with Crippen molar-refractivity contribution in [2.75, 3.05) is 0 Å². The molecule has 2 nitrogen and oxygen atoms in total. The number of rotatable bonds is 2. The van der Waals surface area contributed by atoms with Crippen molar-refractivity contribution >= 4 is 27.3 Å². The number of nitrogens with one attached hydrogen (secondary N) is 1. The molecule has 1 aromatic heterocycles. The van der Waals surface area contributed by atoms with Crippen LogP contribution in [0.1, 0.15) is 40.4 Å². The number of carbonyl (C=O) groups is 1. The molecule has 0 saturated heterocycles. The third-order valence-corrected chi connectivity index (χ3v) is 5.36. The van der Waals surface area contributed by atoms with Gasteiger partial charge in [0.1, 0.15) is 0 Å². The summed E-state index contributed by atoms with van der Waals surface area (Å²) in [6.07, 6.45) is 3.26. The van der Waals surface area contributed by atoms with Gasteiger partial charge in [0.05, 0.1) is 11.6 Å². The summed E-state index contributed by atoms with van der Waals surface area (Å²) >= 11 is 1.63. The Morgan fingerprint density at radius 3 is 2.86 bits per heavy atom. The van der Waals surface area contributed by atoms with Crippen LogP contribution in [0.3, 0.4) is 0 Å². The first-order valence-corrected chi connectivity index (χ1v) is 8.56. The van der Waals surface area contributed by atoms with E-state index in [0.717, 1.165) is 34.9 Å². The summed E-state index contributed by atoms with van der Waals surface area (Å²) in [5.41, 5.74) is 3.44. The quantitative estimate of drug-likeness (QED) is 0.730. The topological polar surface area (TPSA) is 29.1 Å². The van der Waals surface area contributed by atoms with Crippen molar-refractivity contribution in [1.29, 1.82) is 0 Å². The molecule has 1 atom stereocenters. The molecule has 1 aliphatic carbocycles. The van der Waals surface area contributed by atoms with Gasteiger partial charge in [-0.2, -0.15) is 0 Å². The van der Waals surface area contributed by atoms with Gasteiger partial charge in [-0.1, -0.05) is 42.5 Å². The van der Waals surface area contributed by atoms with Crippen LogP contribution >= 0.6 is 11.3 Å². The number of hydrogen-bond donors (Lipinski definition) is 1. The normalized spacial score (nSPS) is 17.2. The second-order valence-electron chi connectivity index (χ2n) is 5.76. The van der Waals surface area contributed by atoms with E-state index in [1.54, 1.807) is 11.3 Å². The molecule has 4 rings (SSSR count). The van der Waals surface area contributed by atoms with Gasteiger partial charge < -0.3 is 5.32 Å². The number of carbonyl (C=O) groups excluding carboxylic acids is 1. The lowest BCUT2D eigenvalue weighted by molar-refractivity contribution is 0.0935. The molecule has 3 aromatic rings. The third-order valence-electron chi connectivity index (χ3n) is 4.40. The van der Waals surface area contributed by atoms with Crippen LogP contribution in [-0.2, 0) is 6.42 Å². The molecule has 0 spiro atoms. The second kappa shape index (κ2) is 5.58. The predicted molar refractivity (Wildman–Crippen MR) is 91.4 cm³/mol. The first kappa shape index (κ1) is 13.5. The zero-order chi connectivity index (χ0) is 14.9. The summed E-state index contributed by atoms with van der Waals surface area (Å²) < 4.78 is 1.16. The summed E-state index contributed by atoms with van der Waals surface area (Å²) in [5.74, 6) is 0.0409. The Morgan fingerprint density at radius 2 is 1.91 bits per heavy atom. The number of aryl methyl sites for hydroxylation is 1. The minimum Gasteiger partial charge on any atom is -0.345 e. The summed E-state index contributed by atoms with van der Waals surface area (Å²) in [4.78, 5) is 12.7. The number of fused-ring (bicyclic) bond motifs is 2. The Bertz CT molecular complexity index is 836. The number of benzene rings is 2. The fourth-order valence-electron chi connectivity index (χ4n) is 3.29. The molecule has 1 heterocycles. The Labute approximate surface area is 133 Å². The average molecular weight is 307 g/mol. The Balaban J connectivity index is 1.63. The predicted octanol–water partition coefficient (Wildman–Crippen LogP) is 4.71. The Hall–Kier alpha value is -2.13. The van der Waals surface area contributed by atoms with Crippen molar-refractivity contribution in [3.05, 3.63) is 70.6 Å². The summed E-state index contributed by atoms with van der Waals surface area (Å²) in [6.45, 7) is 0. The van der Waals surface area contributed by atoms with Gasteiger partial charge in [0, 0.05) is 15.5 Å². The number of thiophene rings is 1. The largest absolute Gasteiger partial charge is 0.345 e. The fourth-order valence-corrected chi connectivity index (χ4v) is 4.23. The van der Waals surface area contributed by atoms with Crippen LogP contribution in [0.15, 0.2) is 53.9 Å². The van der Waals surface area contributed by atoms with E-state index in [1.807, 2.05) is 23.6 Å². The first-order valence-electron chi connectivity index (χ1n) is 7.68. The lowest BCUT2D eigenvalue weighted by Crippen LogP contribution is -2.30. The molecule has 1 aliphatic rings. The smallest absolute Gasteiger partial charge is 0.253 e. The molecular weight excluding hydrogens is 290 g/mol. The van der Waals surface area contributed by atoms with Gasteiger partial charge in [-0.15, -0.1) is 11.3 Å². The lowest BCUT2D eigenvalue weighted by atomic mass is 9.87. The van der Waals surface area contributed by atoms with Crippen LogP contribution in [0.4, 0.5) is 0 Å². The van der Waals surface area contributed by atoms with Gasteiger partial charge in [0.15, 0.2) is 0 Å². The van der Waals surface area contributed by atoms with E-state index in [2.05, 4.69) is 35.6 Å². The van der Waals surface area contributed by atoms with E-state index < -0.39 is 0 Å². The molecule has 1 amide bonds. The van der Waals surface area contributed by atoms with E-state index in [0.29, 0.717) is 0 Å². The van der Waals surface area contributed by atoms with Gasteiger partial charge in [-0.05, 0) is 36.5 Å². The molecule has 3 heteroatoms. The van der Waals surface area contributed by atoms with Crippen LogP contribution in [0.25, 0.3) is 10.1 Å². The van der Waals surface area contributed by atoms with E-state index >= 15 is 0 Å². The van der Waals surface area contributed by atoms with E-state index in [9.17, 15) is 4.79 Å². The average Bonchev–Trinajstić information content (AvgIpc) is 2.99. The van der Waals surface area contributed by atoms with Crippen molar-refractivity contribution in [1.82, 2.24) is 5.32 Å². The van der Waals surface area contributed by atoms with Crippen LogP contribution in [-0.4, -0.2) is 5.91 Å². The Kier molecular flexibility index (Phi) is 3.43. The summed E-state index contributed by atoms with van der Waals surface area (Å²) in [5, 5.41) is 6.25. The summed E-state index contributed by atoms with van der Waals surface area (Å²) in [6, 6.07) is 16.7. The monoisotopic (exact) mass is 307 g/mol. The van der Waals surface area contributed by atoms with Crippen molar-refractivity contribution in [3.8, 4) is 0 Å². The molecule has 1 N–H and O–H groups in total. The van der Waals surface area contributed by atoms with Crippen LogP contribution in [0.2, 0.25) is 0 Å². The standard InChI is InChI=1S/C19H17NOS/c21-19(16-12-22-18-11-4-3-9-15(16)18)20-17-10-5-7-13-6-1-2-8-14(13)17/h1-4,6,8-9,11-12,17H,5,7,10H2,(H,20,21). The number of amides is 1. The highest BCUT2D eigenvalue weighted by Gasteiger charge is 2.22. The molecule has 1 unspecified atom stereocenters. The van der Waals surface area contributed by atoms with Crippen LogP contribution in [0, 0.1) is 0 Å². The Morgan fingerprint density at radius 1 is 1.09 bits per heavy atom. The SMILES string of the molecule is O=C(NC1CCCc2ccccc21)c1csc2ccccc12. The van der Waals surface area contributed by atoms with Crippen LogP contribution < -0.4 is 5.32 Å². The van der Waals surface area contributed by atoms with E-state index in [4.69, 9.17) is 0 Å². The molecular formula is C19H17NOS. The minimum absolute atomic E-state index is 0.0409. The van der Waals surface area contributed by atoms with E-state index in [1.165, 1.54) is 11.1 Å². The maximum absolute atomic E-state index is 12.7. The highest BCUT2D eigenvalue weighted by molar-refractivity contribution is 7.17. The van der Waals surface area contributed by atoms with Crippen molar-refractivity contribution < 1.29 is 4.79 Å². The third kappa shape index (κ3) is 2.32. The van der Waals surface area contributed by atoms with Gasteiger partial charge in [0.25, 0.3) is 5.91 Å². The van der Waals surface area contributed by atoms with Gasteiger partial charge in [-0.3, -0.25) is 4.79 Å². The highest BCUT2D eigenvalue weighted by atomic mass is 32.1. The molecule has 0 aliphatic heterocycles.